The lowest BCUT2D eigenvalue weighted by atomic mass is 9.89. The van der Waals surface area contributed by atoms with Crippen molar-refractivity contribution in [3.8, 4) is 0 Å². The Kier molecular flexibility index (Phi) is 5.29. The molecule has 0 heterocycles. The number of ether oxygens (including phenoxy) is 1. The third-order valence-electron chi connectivity index (χ3n) is 2.43. The van der Waals surface area contributed by atoms with Gasteiger partial charge in [0, 0.05) is 25.7 Å². The van der Waals surface area contributed by atoms with Gasteiger partial charge in [-0.15, -0.1) is 0 Å². The van der Waals surface area contributed by atoms with E-state index in [0.717, 1.165) is 25.4 Å². The van der Waals surface area contributed by atoms with Gasteiger partial charge >= 0.3 is 0 Å². The van der Waals surface area contributed by atoms with Crippen molar-refractivity contribution < 1.29 is 4.74 Å². The largest absolute Gasteiger partial charge is 0.387 e. The first-order valence-electron chi connectivity index (χ1n) is 5.48. The summed E-state index contributed by atoms with van der Waals surface area (Å²) >= 11 is 0. The maximum Gasteiger partial charge on any atom is 0.0991 e. The van der Waals surface area contributed by atoms with E-state index in [-0.39, 0.29) is 10.8 Å². The van der Waals surface area contributed by atoms with Gasteiger partial charge in [-0.2, -0.15) is 0 Å². The molecule has 15 heavy (non-hydrogen) atoms. The SMILES string of the molecule is COCCC(C)(C)CN=C(N)C(C)(C)C. The lowest BCUT2D eigenvalue weighted by molar-refractivity contribution is 0.155. The highest BCUT2D eigenvalue weighted by atomic mass is 16.5. The Hall–Kier alpha value is -0.570. The third-order valence-corrected chi connectivity index (χ3v) is 2.43. The highest BCUT2D eigenvalue weighted by Crippen LogP contribution is 2.22. The Morgan fingerprint density at radius 3 is 2.13 bits per heavy atom. The maximum absolute atomic E-state index is 5.91. The molecule has 0 aromatic carbocycles. The summed E-state index contributed by atoms with van der Waals surface area (Å²) in [6.45, 7) is 12.1. The van der Waals surface area contributed by atoms with Crippen molar-refractivity contribution in [1.82, 2.24) is 0 Å². The fraction of sp³-hybridized carbons (Fsp3) is 0.917. The van der Waals surface area contributed by atoms with Gasteiger partial charge in [0.05, 0.1) is 5.84 Å². The van der Waals surface area contributed by atoms with Gasteiger partial charge in [0.1, 0.15) is 0 Å². The Morgan fingerprint density at radius 2 is 1.73 bits per heavy atom. The molecule has 0 rings (SSSR count). The molecule has 0 radical (unpaired) electrons. The van der Waals surface area contributed by atoms with E-state index in [1.807, 2.05) is 0 Å². The molecule has 0 aromatic rings. The topological polar surface area (TPSA) is 47.6 Å². The van der Waals surface area contributed by atoms with Crippen molar-refractivity contribution in [2.75, 3.05) is 20.3 Å². The fourth-order valence-electron chi connectivity index (χ4n) is 0.994. The first kappa shape index (κ1) is 14.4. The van der Waals surface area contributed by atoms with Crippen molar-refractivity contribution >= 4 is 5.84 Å². The number of methoxy groups -OCH3 is 1. The van der Waals surface area contributed by atoms with E-state index in [0.29, 0.717) is 0 Å². The molecule has 0 aromatic heterocycles. The van der Waals surface area contributed by atoms with Crippen LogP contribution < -0.4 is 5.73 Å². The predicted molar refractivity (Wildman–Crippen MR) is 66.2 cm³/mol. The second kappa shape index (κ2) is 5.50. The third kappa shape index (κ3) is 6.50. The molecule has 0 amide bonds. The molecule has 3 nitrogen and oxygen atoms in total. The van der Waals surface area contributed by atoms with Gasteiger partial charge in [0.15, 0.2) is 0 Å². The van der Waals surface area contributed by atoms with E-state index in [4.69, 9.17) is 10.5 Å². The quantitative estimate of drug-likeness (QED) is 0.564. The summed E-state index contributed by atoms with van der Waals surface area (Å²) in [6, 6.07) is 0. The molecule has 0 fully saturated rings. The molecule has 0 saturated heterocycles. The highest BCUT2D eigenvalue weighted by Gasteiger charge is 2.20. The molecule has 0 atom stereocenters. The van der Waals surface area contributed by atoms with Crippen molar-refractivity contribution in [2.24, 2.45) is 21.6 Å². The zero-order valence-corrected chi connectivity index (χ0v) is 11.1. The smallest absolute Gasteiger partial charge is 0.0991 e. The van der Waals surface area contributed by atoms with Crippen LogP contribution in [0.4, 0.5) is 0 Å². The number of nitrogens with zero attached hydrogens (tertiary/aromatic N) is 1. The summed E-state index contributed by atoms with van der Waals surface area (Å²) in [6.07, 6.45) is 1.00. The van der Waals surface area contributed by atoms with Crippen LogP contribution in [0.25, 0.3) is 0 Å². The van der Waals surface area contributed by atoms with Crippen LogP contribution in [0.3, 0.4) is 0 Å². The van der Waals surface area contributed by atoms with Crippen molar-refractivity contribution in [2.45, 2.75) is 41.0 Å². The number of hydrogen-bond donors (Lipinski definition) is 1. The maximum atomic E-state index is 5.91. The first-order chi connectivity index (χ1) is 6.69. The average Bonchev–Trinajstić information content (AvgIpc) is 2.09. The number of nitrogens with two attached hydrogens (primary N) is 1. The molecule has 0 spiro atoms. The van der Waals surface area contributed by atoms with Crippen LogP contribution >= 0.6 is 0 Å². The van der Waals surface area contributed by atoms with Gasteiger partial charge in [0.2, 0.25) is 0 Å². The summed E-state index contributed by atoms with van der Waals surface area (Å²) in [5.74, 6) is 0.730. The summed E-state index contributed by atoms with van der Waals surface area (Å²) in [5.41, 5.74) is 6.03. The average molecular weight is 214 g/mol. The number of hydrogen-bond acceptors (Lipinski definition) is 2. The van der Waals surface area contributed by atoms with Crippen LogP contribution in [0.1, 0.15) is 41.0 Å². The molecule has 3 heteroatoms. The highest BCUT2D eigenvalue weighted by molar-refractivity contribution is 5.85. The Bertz CT molecular complexity index is 214. The summed E-state index contributed by atoms with van der Waals surface area (Å²) in [4.78, 5) is 4.46. The second-order valence-electron chi connectivity index (χ2n) is 5.86. The lowest BCUT2D eigenvalue weighted by Gasteiger charge is -2.24. The van der Waals surface area contributed by atoms with Crippen LogP contribution in [0.15, 0.2) is 4.99 Å². The van der Waals surface area contributed by atoms with Crippen molar-refractivity contribution in [3.05, 3.63) is 0 Å². The minimum Gasteiger partial charge on any atom is -0.387 e. The van der Waals surface area contributed by atoms with E-state index < -0.39 is 0 Å². The molecular formula is C12H26N2O. The lowest BCUT2D eigenvalue weighted by Crippen LogP contribution is -2.31. The molecule has 0 unspecified atom stereocenters. The monoisotopic (exact) mass is 214 g/mol. The molecule has 0 saturated carbocycles. The summed E-state index contributed by atoms with van der Waals surface area (Å²) in [7, 11) is 1.73. The van der Waals surface area contributed by atoms with Gasteiger partial charge in [-0.3, -0.25) is 4.99 Å². The standard InChI is InChI=1S/C12H26N2O/c1-11(2,3)10(13)14-9-12(4,5)7-8-15-6/h7-9H2,1-6H3,(H2,13,14). The minimum absolute atomic E-state index is 0.0304. The number of aliphatic imine (C=N–C) groups is 1. The zero-order chi connectivity index (χ0) is 12.1. The Morgan fingerprint density at radius 1 is 1.20 bits per heavy atom. The number of rotatable bonds is 5. The van der Waals surface area contributed by atoms with Gasteiger partial charge in [0.25, 0.3) is 0 Å². The van der Waals surface area contributed by atoms with E-state index in [9.17, 15) is 0 Å². The molecule has 0 aliphatic carbocycles. The van der Waals surface area contributed by atoms with E-state index in [1.165, 1.54) is 0 Å². The van der Waals surface area contributed by atoms with Gasteiger partial charge in [-0.05, 0) is 11.8 Å². The predicted octanol–water partition coefficient (Wildman–Crippen LogP) is 2.45. The first-order valence-corrected chi connectivity index (χ1v) is 5.48. The zero-order valence-electron chi connectivity index (χ0n) is 11.1. The van der Waals surface area contributed by atoms with Crippen LogP contribution in [0.2, 0.25) is 0 Å². The van der Waals surface area contributed by atoms with Crippen molar-refractivity contribution in [1.29, 1.82) is 0 Å². The van der Waals surface area contributed by atoms with Gasteiger partial charge < -0.3 is 10.5 Å². The van der Waals surface area contributed by atoms with E-state index >= 15 is 0 Å². The normalized spacial score (nSPS) is 14.4. The molecule has 0 aliphatic rings. The number of amidine groups is 1. The minimum atomic E-state index is -0.0304. The molecular weight excluding hydrogens is 188 g/mol. The van der Waals surface area contributed by atoms with E-state index in [2.05, 4.69) is 39.6 Å². The molecule has 90 valence electrons. The van der Waals surface area contributed by atoms with Crippen LogP contribution in [-0.4, -0.2) is 26.1 Å². The van der Waals surface area contributed by atoms with Crippen molar-refractivity contribution in [3.63, 3.8) is 0 Å². The Balaban J connectivity index is 4.23. The van der Waals surface area contributed by atoms with Crippen LogP contribution in [0.5, 0.6) is 0 Å². The van der Waals surface area contributed by atoms with Crippen LogP contribution in [0, 0.1) is 10.8 Å². The van der Waals surface area contributed by atoms with Crippen LogP contribution in [-0.2, 0) is 4.74 Å². The summed E-state index contributed by atoms with van der Waals surface area (Å²) < 4.78 is 5.07. The van der Waals surface area contributed by atoms with E-state index in [1.54, 1.807) is 7.11 Å². The molecule has 0 aliphatic heterocycles. The molecule has 0 bridgehead atoms. The Labute approximate surface area is 94.1 Å². The molecule has 2 N–H and O–H groups in total. The fourth-order valence-corrected chi connectivity index (χ4v) is 0.994. The second-order valence-corrected chi connectivity index (χ2v) is 5.86. The summed E-state index contributed by atoms with van der Waals surface area (Å²) in [5, 5.41) is 0. The van der Waals surface area contributed by atoms with Gasteiger partial charge in [-0.25, -0.2) is 0 Å². The van der Waals surface area contributed by atoms with Gasteiger partial charge in [-0.1, -0.05) is 34.6 Å².